The van der Waals surface area contributed by atoms with Gasteiger partial charge in [0.1, 0.15) is 16.7 Å². The molecule has 4 nitrogen and oxygen atoms in total. The monoisotopic (exact) mass is 440 g/mol. The molecule has 0 bridgehead atoms. The fourth-order valence-corrected chi connectivity index (χ4v) is 6.54. The number of thiophene rings is 1. The molecule has 0 N–H and O–H groups in total. The molecule has 1 aliphatic heterocycles. The van der Waals surface area contributed by atoms with E-state index in [1.54, 1.807) is 36.4 Å². The van der Waals surface area contributed by atoms with Gasteiger partial charge in [-0.2, -0.15) is 8.42 Å². The van der Waals surface area contributed by atoms with Gasteiger partial charge in [0.05, 0.1) is 6.10 Å². The molecule has 0 spiro atoms. The summed E-state index contributed by atoms with van der Waals surface area (Å²) in [6.07, 6.45) is 4.97. The lowest BCUT2D eigenvalue weighted by Gasteiger charge is -2.39. The second-order valence-corrected chi connectivity index (χ2v) is 10.6. The first kappa shape index (κ1) is 19.8. The smallest absolute Gasteiger partial charge is 0.339 e. The molecule has 2 aliphatic rings. The molecule has 0 radical (unpaired) electrons. The highest BCUT2D eigenvalue weighted by molar-refractivity contribution is 7.87. The first-order valence-electron chi connectivity index (χ1n) is 10.4. The number of hydrogen-bond donors (Lipinski definition) is 0. The minimum Gasteiger partial charge on any atom is -0.379 e. The van der Waals surface area contributed by atoms with E-state index in [1.807, 2.05) is 30.4 Å². The van der Waals surface area contributed by atoms with E-state index in [1.165, 1.54) is 29.7 Å². The van der Waals surface area contributed by atoms with Crippen LogP contribution in [0.25, 0.3) is 0 Å². The predicted molar refractivity (Wildman–Crippen MR) is 118 cm³/mol. The first-order valence-corrected chi connectivity index (χ1v) is 12.6. The molecule has 1 aliphatic carbocycles. The van der Waals surface area contributed by atoms with Crippen molar-refractivity contribution >= 4 is 21.5 Å². The molecule has 2 aromatic carbocycles. The van der Waals surface area contributed by atoms with E-state index < -0.39 is 10.1 Å². The largest absolute Gasteiger partial charge is 0.379 e. The van der Waals surface area contributed by atoms with E-state index >= 15 is 0 Å². The average Bonchev–Trinajstić information content (AvgIpc) is 3.24. The number of aryl methyl sites for hydroxylation is 1. The maximum atomic E-state index is 12.5. The SMILES string of the molecule is Cc1ccc(S(=O)(=O)Oc2ccc([C@H]3O[C@H]4CCCC[C@@H]4c4sccc43)cc2)cc1. The molecule has 30 heavy (non-hydrogen) atoms. The predicted octanol–water partition coefficient (Wildman–Crippen LogP) is 5.97. The summed E-state index contributed by atoms with van der Waals surface area (Å²) >= 11 is 1.84. The van der Waals surface area contributed by atoms with E-state index in [4.69, 9.17) is 8.92 Å². The van der Waals surface area contributed by atoms with Gasteiger partial charge in [0.2, 0.25) is 0 Å². The number of hydrogen-bond acceptors (Lipinski definition) is 5. The molecular weight excluding hydrogens is 416 g/mol. The Labute approximate surface area is 181 Å². The van der Waals surface area contributed by atoms with Gasteiger partial charge in [-0.3, -0.25) is 0 Å². The Balaban J connectivity index is 1.38. The lowest BCUT2D eigenvalue weighted by molar-refractivity contribution is -0.0374. The highest BCUT2D eigenvalue weighted by Crippen LogP contribution is 2.49. The van der Waals surface area contributed by atoms with Crippen molar-refractivity contribution in [2.45, 2.75) is 55.6 Å². The molecule has 3 aromatic rings. The van der Waals surface area contributed by atoms with Crippen LogP contribution in [0.5, 0.6) is 5.75 Å². The maximum Gasteiger partial charge on any atom is 0.339 e. The summed E-state index contributed by atoms with van der Waals surface area (Å²) in [4.78, 5) is 1.61. The van der Waals surface area contributed by atoms with E-state index in [0.29, 0.717) is 11.7 Å². The van der Waals surface area contributed by atoms with Gasteiger partial charge in [0, 0.05) is 10.8 Å². The molecule has 1 fully saturated rings. The van der Waals surface area contributed by atoms with Crippen molar-refractivity contribution in [2.24, 2.45) is 0 Å². The zero-order valence-corrected chi connectivity index (χ0v) is 18.4. The fourth-order valence-electron chi connectivity index (χ4n) is 4.49. The summed E-state index contributed by atoms with van der Waals surface area (Å²) < 4.78 is 37.0. The molecule has 1 saturated carbocycles. The van der Waals surface area contributed by atoms with Crippen molar-refractivity contribution in [1.82, 2.24) is 0 Å². The Bertz CT molecular complexity index is 1130. The molecule has 1 aromatic heterocycles. The van der Waals surface area contributed by atoms with E-state index in [2.05, 4.69) is 11.4 Å². The molecule has 156 valence electrons. The van der Waals surface area contributed by atoms with Gasteiger partial charge in [0.15, 0.2) is 0 Å². The van der Waals surface area contributed by atoms with Gasteiger partial charge < -0.3 is 8.92 Å². The van der Waals surface area contributed by atoms with Crippen molar-refractivity contribution in [2.75, 3.05) is 0 Å². The maximum absolute atomic E-state index is 12.5. The third-order valence-electron chi connectivity index (χ3n) is 6.06. The van der Waals surface area contributed by atoms with Crippen molar-refractivity contribution in [3.8, 4) is 5.75 Å². The number of rotatable bonds is 4. The fraction of sp³-hybridized carbons (Fsp3) is 0.333. The molecule has 6 heteroatoms. The topological polar surface area (TPSA) is 52.6 Å². The van der Waals surface area contributed by atoms with E-state index in [0.717, 1.165) is 17.5 Å². The minimum absolute atomic E-state index is 0.103. The summed E-state index contributed by atoms with van der Waals surface area (Å²) in [6, 6.07) is 16.1. The van der Waals surface area contributed by atoms with Crippen LogP contribution in [0.15, 0.2) is 64.9 Å². The minimum atomic E-state index is -3.85. The third kappa shape index (κ3) is 3.68. The second kappa shape index (κ2) is 7.84. The lowest BCUT2D eigenvalue weighted by atomic mass is 9.80. The Morgan fingerprint density at radius 1 is 0.967 bits per heavy atom. The van der Waals surface area contributed by atoms with Crippen LogP contribution in [0, 0.1) is 6.92 Å². The second-order valence-electron chi connectivity index (χ2n) is 8.11. The van der Waals surface area contributed by atoms with Gasteiger partial charge >= 0.3 is 10.1 Å². The summed E-state index contributed by atoms with van der Waals surface area (Å²) in [5.74, 6) is 0.823. The molecule has 0 unspecified atom stereocenters. The number of fused-ring (bicyclic) bond motifs is 3. The van der Waals surface area contributed by atoms with Crippen LogP contribution < -0.4 is 4.18 Å². The standard InChI is InChI=1S/C24H24O4S2/c1-16-6-12-19(13-7-16)30(25,26)28-18-10-8-17(9-11-18)23-21-14-15-29-24(21)20-4-2-3-5-22(20)27-23/h6-15,20,22-23H,2-5H2,1H3/t20-,22-,23+/m0/s1. The number of ether oxygens (including phenoxy) is 1. The van der Waals surface area contributed by atoms with Gasteiger partial charge in [-0.1, -0.05) is 42.7 Å². The highest BCUT2D eigenvalue weighted by atomic mass is 32.2. The van der Waals surface area contributed by atoms with Crippen molar-refractivity contribution in [3.63, 3.8) is 0 Å². The van der Waals surface area contributed by atoms with Crippen molar-refractivity contribution in [3.05, 3.63) is 81.5 Å². The molecule has 3 atom stereocenters. The average molecular weight is 441 g/mol. The van der Waals surface area contributed by atoms with Crippen molar-refractivity contribution in [1.29, 1.82) is 0 Å². The first-order chi connectivity index (χ1) is 14.5. The van der Waals surface area contributed by atoms with Gasteiger partial charge in [-0.05, 0) is 66.6 Å². The van der Waals surface area contributed by atoms with Crippen LogP contribution in [-0.2, 0) is 14.9 Å². The normalized spacial score (nSPS) is 23.4. The summed E-state index contributed by atoms with van der Waals surface area (Å²) in [5.41, 5.74) is 3.28. The van der Waals surface area contributed by atoms with Crippen LogP contribution in [0.1, 0.15) is 59.3 Å². The highest BCUT2D eigenvalue weighted by Gasteiger charge is 2.38. The van der Waals surface area contributed by atoms with Crippen molar-refractivity contribution < 1.29 is 17.3 Å². The number of benzene rings is 2. The Morgan fingerprint density at radius 2 is 1.70 bits per heavy atom. The van der Waals surface area contributed by atoms with Gasteiger partial charge in [-0.15, -0.1) is 11.3 Å². The van der Waals surface area contributed by atoms with E-state index in [-0.39, 0.29) is 17.1 Å². The van der Waals surface area contributed by atoms with Gasteiger partial charge in [-0.25, -0.2) is 0 Å². The van der Waals surface area contributed by atoms with Crippen LogP contribution in [0.3, 0.4) is 0 Å². The summed E-state index contributed by atoms with van der Waals surface area (Å²) in [6.45, 7) is 1.91. The summed E-state index contributed by atoms with van der Waals surface area (Å²) in [5, 5.41) is 2.16. The Kier molecular flexibility index (Phi) is 5.17. The zero-order valence-electron chi connectivity index (χ0n) is 16.8. The molecule has 0 amide bonds. The van der Waals surface area contributed by atoms with Crippen LogP contribution in [0.4, 0.5) is 0 Å². The third-order valence-corrected chi connectivity index (χ3v) is 8.38. The van der Waals surface area contributed by atoms with Crippen LogP contribution in [0.2, 0.25) is 0 Å². The Hall–Kier alpha value is -2.15. The quantitative estimate of drug-likeness (QED) is 0.469. The zero-order chi connectivity index (χ0) is 20.7. The Morgan fingerprint density at radius 3 is 2.47 bits per heavy atom. The molecule has 0 saturated heterocycles. The van der Waals surface area contributed by atoms with Gasteiger partial charge in [0.25, 0.3) is 0 Å². The van der Waals surface area contributed by atoms with E-state index in [9.17, 15) is 8.42 Å². The molecule has 2 heterocycles. The van der Waals surface area contributed by atoms with Crippen LogP contribution in [-0.4, -0.2) is 14.5 Å². The molecule has 5 rings (SSSR count). The lowest BCUT2D eigenvalue weighted by Crippen LogP contribution is -2.32. The molecular formula is C24H24O4S2. The summed E-state index contributed by atoms with van der Waals surface area (Å²) in [7, 11) is -3.85. The van der Waals surface area contributed by atoms with Crippen LogP contribution >= 0.6 is 11.3 Å².